The Kier molecular flexibility index (Phi) is 9.83. The van der Waals surface area contributed by atoms with Gasteiger partial charge in [0.1, 0.15) is 11.4 Å². The molecular formula is C40H55ClN4O5S. The minimum atomic E-state index is -3.90. The molecule has 2 fully saturated rings. The molecule has 0 aromatic heterocycles. The van der Waals surface area contributed by atoms with Crippen molar-refractivity contribution in [3.63, 3.8) is 0 Å². The molecule has 2 aliphatic carbocycles. The third kappa shape index (κ3) is 6.96. The summed E-state index contributed by atoms with van der Waals surface area (Å²) in [5.41, 5.74) is 3.03. The zero-order valence-corrected chi connectivity index (χ0v) is 32.7. The van der Waals surface area contributed by atoms with Crippen LogP contribution in [0.25, 0.3) is 0 Å². The Labute approximate surface area is 309 Å². The summed E-state index contributed by atoms with van der Waals surface area (Å²) in [5, 5.41) is 0.748. The number of halogens is 1. The molecule has 1 saturated carbocycles. The monoisotopic (exact) mass is 738 g/mol. The van der Waals surface area contributed by atoms with Crippen molar-refractivity contribution in [2.75, 3.05) is 71.2 Å². The zero-order chi connectivity index (χ0) is 36.3. The molecule has 9 nitrogen and oxygen atoms in total. The van der Waals surface area contributed by atoms with Gasteiger partial charge in [-0.2, -0.15) is 0 Å². The number of nitrogens with one attached hydrogen (secondary N) is 1. The molecule has 1 spiro atoms. The standard InChI is InChI=1S/C40H55ClN4O5S/c1-27-15-17-40(49-6,25-44-22-38(3,23-44)43(4)5)34-12-9-31(34)20-45-24-39(16-7-8-29-18-32(41)11-13-33(29)39)26-50-36-14-10-30(19-35(36)45)37(46)42-51(47,48)21-28(27)2/h10-11,13-15,17-19,27-28,31,34H,7-9,12,16,20-26H2,1-6H3,(H,42,46)/b17-15-/t27-,28+,31-,34+,39-,40+/m0/s1. The molecule has 0 radical (unpaired) electrons. The van der Waals surface area contributed by atoms with Gasteiger partial charge in [-0.1, -0.05) is 43.7 Å². The number of carbonyl (C=O) groups excluding carboxylic acids is 1. The Hall–Kier alpha value is -2.63. The molecule has 0 unspecified atom stereocenters. The molecule has 6 atom stereocenters. The Bertz CT molecular complexity index is 1790. The van der Waals surface area contributed by atoms with E-state index in [2.05, 4.69) is 71.6 Å². The van der Waals surface area contributed by atoms with Gasteiger partial charge in [-0.25, -0.2) is 13.1 Å². The fraction of sp³-hybridized carbons (Fsp3) is 0.625. The third-order valence-electron chi connectivity index (χ3n) is 13.2. The number of allylic oxidation sites excluding steroid dienone is 1. The van der Waals surface area contributed by atoms with E-state index in [4.69, 9.17) is 21.1 Å². The maximum atomic E-state index is 13.6. The summed E-state index contributed by atoms with van der Waals surface area (Å²) in [6.07, 6.45) is 9.55. The number of ether oxygens (including phenoxy) is 2. The van der Waals surface area contributed by atoms with Gasteiger partial charge in [-0.15, -0.1) is 0 Å². The number of hydrogen-bond donors (Lipinski definition) is 1. The molecule has 1 N–H and O–H groups in total. The number of rotatable bonds is 4. The lowest BCUT2D eigenvalue weighted by molar-refractivity contribution is -0.120. The van der Waals surface area contributed by atoms with Gasteiger partial charge in [-0.05, 0) is 118 Å². The summed E-state index contributed by atoms with van der Waals surface area (Å²) in [7, 11) is 2.24. The van der Waals surface area contributed by atoms with Crippen molar-refractivity contribution in [2.45, 2.75) is 69.4 Å². The van der Waals surface area contributed by atoms with Crippen LogP contribution in [0.1, 0.15) is 67.9 Å². The lowest BCUT2D eigenvalue weighted by Crippen LogP contribution is -2.70. The quantitative estimate of drug-likeness (QED) is 0.396. The number of hydrogen-bond acceptors (Lipinski definition) is 8. The van der Waals surface area contributed by atoms with Crippen LogP contribution in [-0.2, 0) is 26.6 Å². The van der Waals surface area contributed by atoms with Crippen LogP contribution < -0.4 is 14.4 Å². The topological polar surface area (TPSA) is 91.4 Å². The average Bonchev–Trinajstić information content (AvgIpc) is 3.20. The average molecular weight is 739 g/mol. The first kappa shape index (κ1) is 36.7. The summed E-state index contributed by atoms with van der Waals surface area (Å²) >= 11 is 6.49. The SMILES string of the molecule is CO[C@@]1(CN2CC(C)(N(C)C)C2)/C=C\[C@H](C)[C@H](C)CS(=O)(=O)NC(=O)c2ccc3c(c2)N(C[C@@H]2CC[C@H]21)C[C@@]1(CCCc2cc(Cl)ccc21)CO3. The number of fused-ring (bicyclic) bond motifs is 4. The molecule has 5 aliphatic rings. The molecule has 1 amide bonds. The summed E-state index contributed by atoms with van der Waals surface area (Å²) in [5.74, 6) is 0.282. The van der Waals surface area contributed by atoms with Crippen LogP contribution in [0.15, 0.2) is 48.6 Å². The number of aryl methyl sites for hydroxylation is 1. The first-order valence-electron chi connectivity index (χ1n) is 18.6. The van der Waals surface area contributed by atoms with Crippen LogP contribution in [0.5, 0.6) is 5.75 Å². The predicted octanol–water partition coefficient (Wildman–Crippen LogP) is 5.76. The molecular weight excluding hydrogens is 684 g/mol. The number of methoxy groups -OCH3 is 1. The van der Waals surface area contributed by atoms with E-state index in [0.29, 0.717) is 23.8 Å². The van der Waals surface area contributed by atoms with Gasteiger partial charge in [0, 0.05) is 61.4 Å². The maximum Gasteiger partial charge on any atom is 0.264 e. The van der Waals surface area contributed by atoms with Crippen molar-refractivity contribution in [1.82, 2.24) is 14.5 Å². The Morgan fingerprint density at radius 2 is 1.88 bits per heavy atom. The molecule has 7 rings (SSSR count). The molecule has 3 aliphatic heterocycles. The summed E-state index contributed by atoms with van der Waals surface area (Å²) in [4.78, 5) is 20.8. The van der Waals surface area contributed by atoms with Crippen molar-refractivity contribution in [3.05, 3.63) is 70.3 Å². The van der Waals surface area contributed by atoms with Gasteiger partial charge in [0.25, 0.3) is 5.91 Å². The van der Waals surface area contributed by atoms with Gasteiger partial charge in [0.2, 0.25) is 10.0 Å². The van der Waals surface area contributed by atoms with Crippen molar-refractivity contribution in [2.24, 2.45) is 23.7 Å². The second kappa shape index (κ2) is 13.7. The highest BCUT2D eigenvalue weighted by atomic mass is 35.5. The van der Waals surface area contributed by atoms with E-state index < -0.39 is 21.5 Å². The normalized spacial score (nSPS) is 33.9. The fourth-order valence-corrected chi connectivity index (χ4v) is 11.1. The number of amides is 1. The van der Waals surface area contributed by atoms with Crippen LogP contribution in [-0.4, -0.2) is 102 Å². The van der Waals surface area contributed by atoms with E-state index >= 15 is 0 Å². The molecule has 51 heavy (non-hydrogen) atoms. The highest BCUT2D eigenvalue weighted by Gasteiger charge is 2.52. The number of carbonyl (C=O) groups is 1. The van der Waals surface area contributed by atoms with Gasteiger partial charge in [0.15, 0.2) is 0 Å². The van der Waals surface area contributed by atoms with E-state index in [1.54, 1.807) is 6.07 Å². The summed E-state index contributed by atoms with van der Waals surface area (Å²) in [6.45, 7) is 11.0. The molecule has 2 aromatic rings. The smallest absolute Gasteiger partial charge is 0.264 e. The number of benzene rings is 2. The molecule has 1 saturated heterocycles. The molecule has 3 heterocycles. The number of likely N-dealkylation sites (N-methyl/N-ethyl adjacent to an activating group) is 1. The van der Waals surface area contributed by atoms with Crippen LogP contribution in [0.4, 0.5) is 5.69 Å². The minimum Gasteiger partial charge on any atom is -0.490 e. The summed E-state index contributed by atoms with van der Waals surface area (Å²) < 4.78 is 42.5. The number of anilines is 1. The lowest BCUT2D eigenvalue weighted by atomic mass is 9.63. The second-order valence-corrected chi connectivity index (χ2v) is 19.0. The largest absolute Gasteiger partial charge is 0.490 e. The first-order chi connectivity index (χ1) is 24.1. The highest BCUT2D eigenvalue weighted by molar-refractivity contribution is 7.90. The third-order valence-corrected chi connectivity index (χ3v) is 14.9. The minimum absolute atomic E-state index is 0.0468. The van der Waals surface area contributed by atoms with Gasteiger partial charge in [-0.3, -0.25) is 9.69 Å². The Morgan fingerprint density at radius 3 is 2.59 bits per heavy atom. The van der Waals surface area contributed by atoms with E-state index in [1.165, 1.54) is 11.1 Å². The molecule has 11 heteroatoms. The van der Waals surface area contributed by atoms with Crippen molar-refractivity contribution in [3.8, 4) is 5.75 Å². The second-order valence-electron chi connectivity index (χ2n) is 16.8. The Balaban J connectivity index is 1.30. The Morgan fingerprint density at radius 1 is 1.10 bits per heavy atom. The molecule has 278 valence electrons. The molecule has 2 bridgehead atoms. The number of likely N-dealkylation sites (tertiary alicyclic amines) is 1. The van der Waals surface area contributed by atoms with Crippen LogP contribution >= 0.6 is 11.6 Å². The van der Waals surface area contributed by atoms with E-state index in [9.17, 15) is 13.2 Å². The van der Waals surface area contributed by atoms with E-state index in [0.717, 1.165) is 75.5 Å². The highest BCUT2D eigenvalue weighted by Crippen LogP contribution is 2.50. The van der Waals surface area contributed by atoms with Crippen LogP contribution in [0.2, 0.25) is 5.02 Å². The zero-order valence-electron chi connectivity index (χ0n) is 31.1. The van der Waals surface area contributed by atoms with E-state index in [1.807, 2.05) is 32.2 Å². The predicted molar refractivity (Wildman–Crippen MR) is 203 cm³/mol. The van der Waals surface area contributed by atoms with Crippen molar-refractivity contribution < 1.29 is 22.7 Å². The van der Waals surface area contributed by atoms with Crippen molar-refractivity contribution >= 4 is 33.2 Å². The van der Waals surface area contributed by atoms with Gasteiger partial charge < -0.3 is 19.3 Å². The van der Waals surface area contributed by atoms with Gasteiger partial charge >= 0.3 is 0 Å². The van der Waals surface area contributed by atoms with Crippen LogP contribution in [0.3, 0.4) is 0 Å². The summed E-state index contributed by atoms with van der Waals surface area (Å²) in [6, 6.07) is 11.6. The fourth-order valence-electron chi connectivity index (χ4n) is 9.45. The lowest BCUT2D eigenvalue weighted by Gasteiger charge is -2.57. The van der Waals surface area contributed by atoms with Crippen molar-refractivity contribution in [1.29, 1.82) is 0 Å². The van der Waals surface area contributed by atoms with Gasteiger partial charge in [0.05, 0.1) is 18.0 Å². The maximum absolute atomic E-state index is 13.6. The molecule has 2 aromatic carbocycles. The van der Waals surface area contributed by atoms with Crippen LogP contribution in [0, 0.1) is 23.7 Å². The van der Waals surface area contributed by atoms with E-state index in [-0.39, 0.29) is 34.5 Å². The number of nitrogens with zero attached hydrogens (tertiary/aromatic N) is 3. The first-order valence-corrected chi connectivity index (χ1v) is 20.7. The number of sulfonamides is 1.